The average molecular weight is 337 g/mol. The zero-order chi connectivity index (χ0) is 6.85. The molecule has 0 bridgehead atoms. The van der Waals surface area contributed by atoms with Crippen LogP contribution in [-0.2, 0) is 32.0 Å². The maximum absolute atomic E-state index is 10.6. The molecule has 2 nitrogen and oxygen atoms in total. The number of ketones is 2. The molecule has 0 aromatic heterocycles. The second kappa shape index (κ2) is 3.93. The van der Waals surface area contributed by atoms with Crippen LogP contribution in [0, 0.1) is 0 Å². The summed E-state index contributed by atoms with van der Waals surface area (Å²) in [6.07, 6.45) is 3.64. The summed E-state index contributed by atoms with van der Waals surface area (Å²) in [4.78, 5) is 21.2. The third kappa shape index (κ3) is 2.27. The molecule has 0 spiro atoms. The van der Waals surface area contributed by atoms with Crippen LogP contribution in [0.15, 0.2) is 23.1 Å². The molecule has 10 heavy (non-hydrogen) atoms. The Morgan fingerprint density at radius 1 is 1.20 bits per heavy atom. The Hall–Kier alpha value is -0.0897. The summed E-state index contributed by atoms with van der Waals surface area (Å²) in [6, 6.07) is 0. The molecule has 0 unspecified atom stereocenters. The Kier molecular flexibility index (Phi) is 3.90. The topological polar surface area (TPSA) is 34.1 Å². The first kappa shape index (κ1) is 9.91. The molecule has 0 saturated carbocycles. The van der Waals surface area contributed by atoms with Gasteiger partial charge < -0.3 is 0 Å². The fourth-order valence-electron chi connectivity index (χ4n) is 0.497. The zero-order valence-corrected chi connectivity index (χ0v) is 7.86. The number of hydrogen-bond acceptors (Lipinski definition) is 3. The van der Waals surface area contributed by atoms with Crippen LogP contribution in [0.2, 0.25) is 0 Å². The Morgan fingerprint density at radius 3 is 2.20 bits per heavy atom. The van der Waals surface area contributed by atoms with Crippen LogP contribution in [0.5, 0.6) is 0 Å². The number of carbonyl (C=O) groups is 2. The first-order chi connectivity index (χ1) is 4.20. The van der Waals surface area contributed by atoms with E-state index >= 15 is 0 Å². The third-order valence-electron chi connectivity index (χ3n) is 0.930. The second-order valence-corrected chi connectivity index (χ2v) is 2.11. The summed E-state index contributed by atoms with van der Waals surface area (Å²) in [5, 5.41) is 0. The predicted octanol–water partition coefficient (Wildman–Crippen LogP) is 0.506. The van der Waals surface area contributed by atoms with Crippen LogP contribution in [0.1, 0.15) is 0 Å². The summed E-state index contributed by atoms with van der Waals surface area (Å²) in [5.41, 5.74) is 0. The van der Waals surface area contributed by atoms with Crippen molar-refractivity contribution in [3.63, 3.8) is 0 Å². The summed E-state index contributed by atoms with van der Waals surface area (Å²) < 4.78 is 0. The molecule has 0 N–H and O–H groups in total. The van der Waals surface area contributed by atoms with Gasteiger partial charge in [0.25, 0.3) is 0 Å². The van der Waals surface area contributed by atoms with E-state index in [0.29, 0.717) is 0 Å². The quantitative estimate of drug-likeness (QED) is 0.397. The molecule has 1 aliphatic carbocycles. The van der Waals surface area contributed by atoms with Crippen molar-refractivity contribution in [2.45, 2.75) is 0 Å². The van der Waals surface area contributed by atoms with E-state index in [1.165, 1.54) is 18.2 Å². The predicted molar refractivity (Wildman–Crippen MR) is 36.2 cm³/mol. The van der Waals surface area contributed by atoms with E-state index in [0.717, 1.165) is 0 Å². The monoisotopic (exact) mass is 337 g/mol. The molecule has 57 valence electrons. The summed E-state index contributed by atoms with van der Waals surface area (Å²) in [6.45, 7) is 0. The molecular weight excluding hydrogens is 333 g/mol. The SMILES string of the molecule is O=C1C=CC(=O)C(S)=C1.[Au]. The standard InChI is InChI=1S/C6H4O2S.Au/c7-4-1-2-5(8)6(9)3-4;/h1-3,9H;. The van der Waals surface area contributed by atoms with Crippen LogP contribution in [0.25, 0.3) is 0 Å². The van der Waals surface area contributed by atoms with Crippen molar-refractivity contribution in [1.82, 2.24) is 0 Å². The molecule has 0 amide bonds. The normalized spacial score (nSPS) is 16.3. The largest absolute Gasteiger partial charge is 0.290 e. The molecule has 0 aromatic carbocycles. The van der Waals surface area contributed by atoms with Gasteiger partial charge in [-0.15, -0.1) is 12.6 Å². The fourth-order valence-corrected chi connectivity index (χ4v) is 0.699. The minimum absolute atomic E-state index is 0. The number of hydrogen-bond donors (Lipinski definition) is 1. The number of carbonyl (C=O) groups excluding carboxylic acids is 2. The number of allylic oxidation sites excluding steroid dienone is 4. The molecule has 1 aliphatic rings. The van der Waals surface area contributed by atoms with Crippen LogP contribution >= 0.6 is 12.6 Å². The van der Waals surface area contributed by atoms with E-state index < -0.39 is 0 Å². The molecule has 0 heterocycles. The van der Waals surface area contributed by atoms with E-state index in [4.69, 9.17) is 0 Å². The maximum Gasteiger partial charge on any atom is 0.192 e. The van der Waals surface area contributed by atoms with Gasteiger partial charge in [-0.25, -0.2) is 0 Å². The Labute approximate surface area is 79.3 Å². The molecule has 0 aromatic rings. The molecular formula is C6H4AuO2S. The van der Waals surface area contributed by atoms with E-state index in [1.807, 2.05) is 0 Å². The van der Waals surface area contributed by atoms with Crippen molar-refractivity contribution < 1.29 is 32.0 Å². The van der Waals surface area contributed by atoms with E-state index in [-0.39, 0.29) is 38.9 Å². The van der Waals surface area contributed by atoms with Gasteiger partial charge in [-0.1, -0.05) is 0 Å². The van der Waals surface area contributed by atoms with E-state index in [9.17, 15) is 9.59 Å². The van der Waals surface area contributed by atoms with Crippen molar-refractivity contribution in [1.29, 1.82) is 0 Å². The molecule has 0 saturated heterocycles. The average Bonchev–Trinajstić information content (AvgIpc) is 1.80. The molecule has 1 rings (SSSR count). The number of thiol groups is 1. The van der Waals surface area contributed by atoms with Gasteiger partial charge in [-0.2, -0.15) is 0 Å². The number of rotatable bonds is 0. The summed E-state index contributed by atoms with van der Waals surface area (Å²) in [7, 11) is 0. The van der Waals surface area contributed by atoms with Gasteiger partial charge in [0.15, 0.2) is 11.6 Å². The third-order valence-corrected chi connectivity index (χ3v) is 1.28. The second-order valence-electron chi connectivity index (χ2n) is 1.63. The molecule has 1 radical (unpaired) electrons. The van der Waals surface area contributed by atoms with Gasteiger partial charge in [0.05, 0.1) is 4.91 Å². The minimum Gasteiger partial charge on any atom is -0.290 e. The van der Waals surface area contributed by atoms with Crippen molar-refractivity contribution in [3.8, 4) is 0 Å². The maximum atomic E-state index is 10.6. The van der Waals surface area contributed by atoms with Crippen LogP contribution in [0.4, 0.5) is 0 Å². The van der Waals surface area contributed by atoms with Gasteiger partial charge in [0, 0.05) is 28.5 Å². The fraction of sp³-hybridized carbons (Fsp3) is 0. The van der Waals surface area contributed by atoms with Gasteiger partial charge in [-0.05, 0) is 12.2 Å². The molecule has 0 fully saturated rings. The Morgan fingerprint density at radius 2 is 1.80 bits per heavy atom. The first-order valence-electron chi connectivity index (χ1n) is 2.37. The first-order valence-corrected chi connectivity index (χ1v) is 2.82. The Balaban J connectivity index is 0.000000810. The van der Waals surface area contributed by atoms with Crippen molar-refractivity contribution in [2.24, 2.45) is 0 Å². The van der Waals surface area contributed by atoms with Crippen LogP contribution < -0.4 is 0 Å². The van der Waals surface area contributed by atoms with Crippen molar-refractivity contribution in [3.05, 3.63) is 23.1 Å². The van der Waals surface area contributed by atoms with E-state index in [1.54, 1.807) is 0 Å². The Bertz CT molecular complexity index is 230. The summed E-state index contributed by atoms with van der Waals surface area (Å²) >= 11 is 3.76. The summed E-state index contributed by atoms with van der Waals surface area (Å²) in [5.74, 6) is -0.391. The van der Waals surface area contributed by atoms with Crippen molar-refractivity contribution >= 4 is 24.2 Å². The van der Waals surface area contributed by atoms with Gasteiger partial charge in [0.2, 0.25) is 0 Å². The minimum atomic E-state index is -0.210. The van der Waals surface area contributed by atoms with Gasteiger partial charge in [-0.3, -0.25) is 9.59 Å². The molecule has 0 aliphatic heterocycles. The van der Waals surface area contributed by atoms with E-state index in [2.05, 4.69) is 12.6 Å². The molecule has 0 atom stereocenters. The van der Waals surface area contributed by atoms with Crippen molar-refractivity contribution in [2.75, 3.05) is 0 Å². The van der Waals surface area contributed by atoms with Gasteiger partial charge >= 0.3 is 0 Å². The van der Waals surface area contributed by atoms with Crippen LogP contribution in [0.3, 0.4) is 0 Å². The molecule has 4 heteroatoms. The van der Waals surface area contributed by atoms with Crippen LogP contribution in [-0.4, -0.2) is 11.6 Å². The van der Waals surface area contributed by atoms with Gasteiger partial charge in [0.1, 0.15) is 0 Å². The zero-order valence-electron chi connectivity index (χ0n) is 4.80. The smallest absolute Gasteiger partial charge is 0.192 e.